The SMILES string of the molecule is CCCC1(C)OC1CC/C(C)=C/CCOc1ccc2c(c1)OCC2. The highest BCUT2D eigenvalue weighted by atomic mass is 16.6. The van der Waals surface area contributed by atoms with Crippen molar-refractivity contribution >= 4 is 0 Å². The zero-order chi connectivity index (χ0) is 17.0. The summed E-state index contributed by atoms with van der Waals surface area (Å²) in [7, 11) is 0. The van der Waals surface area contributed by atoms with Crippen LogP contribution in [0.5, 0.6) is 11.5 Å². The van der Waals surface area contributed by atoms with Crippen molar-refractivity contribution < 1.29 is 14.2 Å². The van der Waals surface area contributed by atoms with Gasteiger partial charge in [0.05, 0.1) is 24.9 Å². The molecule has 2 aliphatic heterocycles. The Labute approximate surface area is 146 Å². The van der Waals surface area contributed by atoms with Gasteiger partial charge in [0, 0.05) is 12.5 Å². The lowest BCUT2D eigenvalue weighted by molar-refractivity contribution is 0.292. The molecule has 132 valence electrons. The molecule has 0 aromatic heterocycles. The van der Waals surface area contributed by atoms with Crippen LogP contribution in [0.3, 0.4) is 0 Å². The molecular formula is C21H30O3. The molecule has 1 aromatic carbocycles. The van der Waals surface area contributed by atoms with Gasteiger partial charge in [-0.3, -0.25) is 0 Å². The fraction of sp³-hybridized carbons (Fsp3) is 0.619. The second-order valence-electron chi connectivity index (χ2n) is 7.26. The molecule has 3 rings (SSSR count). The molecule has 1 fully saturated rings. The number of rotatable bonds is 9. The minimum absolute atomic E-state index is 0.160. The summed E-state index contributed by atoms with van der Waals surface area (Å²) in [6, 6.07) is 6.17. The van der Waals surface area contributed by atoms with Crippen LogP contribution in [0.25, 0.3) is 0 Å². The summed E-state index contributed by atoms with van der Waals surface area (Å²) in [6.45, 7) is 8.19. The first-order valence-corrected chi connectivity index (χ1v) is 9.33. The number of hydrogen-bond acceptors (Lipinski definition) is 3. The van der Waals surface area contributed by atoms with Gasteiger partial charge in [-0.2, -0.15) is 0 Å². The topological polar surface area (TPSA) is 31.0 Å². The molecule has 3 nitrogen and oxygen atoms in total. The number of ether oxygens (including phenoxy) is 3. The van der Waals surface area contributed by atoms with Crippen molar-refractivity contribution in [3.05, 3.63) is 35.4 Å². The monoisotopic (exact) mass is 330 g/mol. The third kappa shape index (κ3) is 4.32. The van der Waals surface area contributed by atoms with Crippen molar-refractivity contribution in [3.63, 3.8) is 0 Å². The van der Waals surface area contributed by atoms with E-state index in [2.05, 4.69) is 32.9 Å². The van der Waals surface area contributed by atoms with Crippen molar-refractivity contribution in [2.24, 2.45) is 0 Å². The van der Waals surface area contributed by atoms with E-state index in [4.69, 9.17) is 14.2 Å². The van der Waals surface area contributed by atoms with Crippen LogP contribution in [0, 0.1) is 0 Å². The molecule has 2 aliphatic rings. The molecule has 0 spiro atoms. The fourth-order valence-corrected chi connectivity index (χ4v) is 3.55. The smallest absolute Gasteiger partial charge is 0.126 e. The Bertz CT molecular complexity index is 593. The van der Waals surface area contributed by atoms with Crippen molar-refractivity contribution in [2.45, 2.75) is 71.0 Å². The molecule has 0 bridgehead atoms. The zero-order valence-corrected chi connectivity index (χ0v) is 15.3. The molecule has 0 saturated carbocycles. The number of hydrogen-bond donors (Lipinski definition) is 0. The minimum atomic E-state index is 0.160. The predicted molar refractivity (Wildman–Crippen MR) is 96.9 cm³/mol. The van der Waals surface area contributed by atoms with Gasteiger partial charge in [-0.25, -0.2) is 0 Å². The Morgan fingerprint density at radius 2 is 2.29 bits per heavy atom. The first kappa shape index (κ1) is 17.3. The van der Waals surface area contributed by atoms with Gasteiger partial charge in [0.25, 0.3) is 0 Å². The van der Waals surface area contributed by atoms with Crippen molar-refractivity contribution in [3.8, 4) is 11.5 Å². The molecule has 2 atom stereocenters. The van der Waals surface area contributed by atoms with Crippen LogP contribution in [0.1, 0.15) is 58.4 Å². The summed E-state index contributed by atoms with van der Waals surface area (Å²) in [6.07, 6.45) is 9.36. The Hall–Kier alpha value is -1.48. The average Bonchev–Trinajstić information content (AvgIpc) is 2.99. The molecule has 3 heteroatoms. The molecule has 0 aliphatic carbocycles. The molecule has 2 heterocycles. The molecule has 24 heavy (non-hydrogen) atoms. The van der Waals surface area contributed by atoms with Crippen LogP contribution < -0.4 is 9.47 Å². The minimum Gasteiger partial charge on any atom is -0.493 e. The van der Waals surface area contributed by atoms with Gasteiger partial charge in [-0.1, -0.05) is 31.1 Å². The molecule has 0 radical (unpaired) electrons. The van der Waals surface area contributed by atoms with Crippen LogP contribution in [-0.4, -0.2) is 24.9 Å². The normalized spacial score (nSPS) is 25.3. The summed E-state index contributed by atoms with van der Waals surface area (Å²) in [4.78, 5) is 0. The summed E-state index contributed by atoms with van der Waals surface area (Å²) < 4.78 is 17.3. The van der Waals surface area contributed by atoms with E-state index in [1.165, 1.54) is 24.0 Å². The van der Waals surface area contributed by atoms with Gasteiger partial charge in [-0.15, -0.1) is 0 Å². The highest BCUT2D eigenvalue weighted by molar-refractivity contribution is 5.42. The van der Waals surface area contributed by atoms with Crippen LogP contribution >= 0.6 is 0 Å². The summed E-state index contributed by atoms with van der Waals surface area (Å²) >= 11 is 0. The lowest BCUT2D eigenvalue weighted by Crippen LogP contribution is -2.09. The summed E-state index contributed by atoms with van der Waals surface area (Å²) in [5.41, 5.74) is 2.88. The maximum absolute atomic E-state index is 5.85. The number of fused-ring (bicyclic) bond motifs is 1. The van der Waals surface area contributed by atoms with Crippen molar-refractivity contribution in [1.82, 2.24) is 0 Å². The molecular weight excluding hydrogens is 300 g/mol. The highest BCUT2D eigenvalue weighted by Gasteiger charge is 2.50. The predicted octanol–water partition coefficient (Wildman–Crippen LogP) is 5.07. The third-order valence-electron chi connectivity index (χ3n) is 5.13. The fourth-order valence-electron chi connectivity index (χ4n) is 3.55. The molecule has 2 unspecified atom stereocenters. The Morgan fingerprint density at radius 3 is 3.12 bits per heavy atom. The second kappa shape index (κ2) is 7.60. The van der Waals surface area contributed by atoms with Gasteiger partial charge < -0.3 is 14.2 Å². The van der Waals surface area contributed by atoms with E-state index in [0.29, 0.717) is 12.7 Å². The van der Waals surface area contributed by atoms with Crippen molar-refractivity contribution in [1.29, 1.82) is 0 Å². The molecule has 1 saturated heterocycles. The second-order valence-corrected chi connectivity index (χ2v) is 7.26. The van der Waals surface area contributed by atoms with E-state index >= 15 is 0 Å². The standard InChI is InChI=1S/C21H30O3/c1-4-12-21(3)20(24-21)10-7-16(2)6-5-13-22-18-9-8-17-11-14-23-19(17)15-18/h6,8-9,15,20H,4-5,7,10-14H2,1-3H3/b16-6+. The van der Waals surface area contributed by atoms with Gasteiger partial charge in [0.2, 0.25) is 0 Å². The molecule has 0 N–H and O–H groups in total. The first-order chi connectivity index (χ1) is 11.6. The van der Waals surface area contributed by atoms with E-state index in [-0.39, 0.29) is 5.60 Å². The number of epoxide rings is 1. The van der Waals surface area contributed by atoms with E-state index in [1.54, 1.807) is 0 Å². The van der Waals surface area contributed by atoms with E-state index in [1.807, 2.05) is 12.1 Å². The van der Waals surface area contributed by atoms with E-state index in [9.17, 15) is 0 Å². The number of allylic oxidation sites excluding steroid dienone is 1. The first-order valence-electron chi connectivity index (χ1n) is 9.33. The lowest BCUT2D eigenvalue weighted by Gasteiger charge is -2.07. The average molecular weight is 330 g/mol. The largest absolute Gasteiger partial charge is 0.493 e. The summed E-state index contributed by atoms with van der Waals surface area (Å²) in [5, 5.41) is 0. The van der Waals surface area contributed by atoms with E-state index < -0.39 is 0 Å². The van der Waals surface area contributed by atoms with Gasteiger partial charge >= 0.3 is 0 Å². The zero-order valence-electron chi connectivity index (χ0n) is 15.3. The van der Waals surface area contributed by atoms with Crippen molar-refractivity contribution in [2.75, 3.05) is 13.2 Å². The summed E-state index contributed by atoms with van der Waals surface area (Å²) in [5.74, 6) is 1.89. The Morgan fingerprint density at radius 1 is 1.42 bits per heavy atom. The van der Waals surface area contributed by atoms with Gasteiger partial charge in [0.15, 0.2) is 0 Å². The number of benzene rings is 1. The maximum atomic E-state index is 5.85. The maximum Gasteiger partial charge on any atom is 0.126 e. The van der Waals surface area contributed by atoms with Gasteiger partial charge in [-0.05, 0) is 51.2 Å². The quantitative estimate of drug-likeness (QED) is 0.360. The van der Waals surface area contributed by atoms with Crippen LogP contribution in [0.4, 0.5) is 0 Å². The van der Waals surface area contributed by atoms with Gasteiger partial charge in [0.1, 0.15) is 11.5 Å². The Balaban J connectivity index is 1.34. The highest BCUT2D eigenvalue weighted by Crippen LogP contribution is 2.43. The lowest BCUT2D eigenvalue weighted by atomic mass is 9.97. The van der Waals surface area contributed by atoms with Crippen LogP contribution in [-0.2, 0) is 11.2 Å². The third-order valence-corrected chi connectivity index (χ3v) is 5.13. The van der Waals surface area contributed by atoms with E-state index in [0.717, 1.165) is 43.8 Å². The van der Waals surface area contributed by atoms with Crippen LogP contribution in [0.2, 0.25) is 0 Å². The molecule has 0 amide bonds. The molecule has 1 aromatic rings. The van der Waals surface area contributed by atoms with Crippen LogP contribution in [0.15, 0.2) is 29.8 Å². The Kier molecular flexibility index (Phi) is 5.50.